The lowest BCUT2D eigenvalue weighted by Gasteiger charge is -2.24. The van der Waals surface area contributed by atoms with Crippen molar-refractivity contribution in [1.82, 2.24) is 19.5 Å². The summed E-state index contributed by atoms with van der Waals surface area (Å²) < 4.78 is 34.7. The second kappa shape index (κ2) is 7.06. The minimum Gasteiger partial charge on any atom is -0.382 e. The minimum absolute atomic E-state index is 0.0113. The molecule has 1 fully saturated rings. The number of nitrogens with two attached hydrogens (primary N) is 2. The molecule has 1 saturated heterocycles. The van der Waals surface area contributed by atoms with Crippen LogP contribution in [0.25, 0.3) is 11.2 Å². The van der Waals surface area contributed by atoms with Gasteiger partial charge in [-0.1, -0.05) is 6.92 Å². The minimum atomic E-state index is -4.24. The molecular weight excluding hydrogens is 367 g/mol. The second-order valence-corrected chi connectivity index (χ2v) is 7.20. The van der Waals surface area contributed by atoms with Crippen molar-refractivity contribution in [3.8, 4) is 0 Å². The van der Waals surface area contributed by atoms with Gasteiger partial charge in [0.05, 0.1) is 12.4 Å². The van der Waals surface area contributed by atoms with Crippen molar-refractivity contribution in [1.29, 1.82) is 0 Å². The van der Waals surface area contributed by atoms with E-state index >= 15 is 0 Å². The Morgan fingerprint density at radius 1 is 1.35 bits per heavy atom. The molecule has 0 saturated carbocycles. The molecule has 2 aromatic rings. The molecule has 0 amide bonds. The SMILES string of the molecule is CC[C@H]1O[C@@H](n2cnc3c(N)nc(N)nc32)C(OC)C1OP(=O)(O)OC. The molecule has 3 rings (SSSR count). The summed E-state index contributed by atoms with van der Waals surface area (Å²) in [4.78, 5) is 21.9. The molecule has 2 aromatic heterocycles. The number of aromatic nitrogens is 4. The van der Waals surface area contributed by atoms with E-state index in [0.29, 0.717) is 17.6 Å². The number of anilines is 2. The summed E-state index contributed by atoms with van der Waals surface area (Å²) in [5.41, 5.74) is 12.2. The van der Waals surface area contributed by atoms with Crippen LogP contribution in [0.1, 0.15) is 19.6 Å². The maximum atomic E-state index is 11.9. The van der Waals surface area contributed by atoms with Crippen LogP contribution in [-0.2, 0) is 23.1 Å². The first-order chi connectivity index (χ1) is 12.3. The average Bonchev–Trinajstić information content (AvgIpc) is 3.15. The third kappa shape index (κ3) is 3.27. The number of hydrogen-bond donors (Lipinski definition) is 3. The summed E-state index contributed by atoms with van der Waals surface area (Å²) in [6.45, 7) is 1.86. The first-order valence-corrected chi connectivity index (χ1v) is 9.31. The van der Waals surface area contributed by atoms with Crippen molar-refractivity contribution in [2.45, 2.75) is 37.9 Å². The molecule has 0 spiro atoms. The van der Waals surface area contributed by atoms with Gasteiger partial charge in [-0.05, 0) is 6.42 Å². The van der Waals surface area contributed by atoms with Crippen LogP contribution in [0.3, 0.4) is 0 Å². The fraction of sp³-hybridized carbons (Fsp3) is 0.615. The first-order valence-electron chi connectivity index (χ1n) is 7.82. The van der Waals surface area contributed by atoms with E-state index < -0.39 is 32.4 Å². The highest BCUT2D eigenvalue weighted by Crippen LogP contribution is 2.48. The predicted molar refractivity (Wildman–Crippen MR) is 90.9 cm³/mol. The van der Waals surface area contributed by atoms with Gasteiger partial charge in [0.1, 0.15) is 17.7 Å². The average molecular weight is 388 g/mol. The van der Waals surface area contributed by atoms with Gasteiger partial charge in [0.2, 0.25) is 5.95 Å². The maximum absolute atomic E-state index is 11.9. The van der Waals surface area contributed by atoms with Crippen LogP contribution in [0.2, 0.25) is 0 Å². The highest BCUT2D eigenvalue weighted by molar-refractivity contribution is 7.47. The number of nitrogens with zero attached hydrogens (tertiary/aromatic N) is 4. The Kier molecular flexibility index (Phi) is 5.15. The number of phosphoric acid groups is 1. The Labute approximate surface area is 149 Å². The summed E-state index contributed by atoms with van der Waals surface area (Å²) >= 11 is 0. The lowest BCUT2D eigenvalue weighted by atomic mass is 10.1. The summed E-state index contributed by atoms with van der Waals surface area (Å²) in [6.07, 6.45) is -0.850. The molecule has 1 aliphatic heterocycles. The number of ether oxygens (including phenoxy) is 2. The van der Waals surface area contributed by atoms with E-state index in [0.717, 1.165) is 7.11 Å². The van der Waals surface area contributed by atoms with E-state index in [4.69, 9.17) is 25.5 Å². The van der Waals surface area contributed by atoms with Crippen molar-refractivity contribution in [3.63, 3.8) is 0 Å². The van der Waals surface area contributed by atoms with Crippen molar-refractivity contribution >= 4 is 30.8 Å². The molecule has 13 heteroatoms. The Morgan fingerprint density at radius 3 is 2.69 bits per heavy atom. The van der Waals surface area contributed by atoms with Crippen LogP contribution in [-0.4, -0.2) is 56.9 Å². The molecule has 1 aliphatic rings. The zero-order valence-electron chi connectivity index (χ0n) is 14.5. The molecule has 0 aromatic carbocycles. The van der Waals surface area contributed by atoms with E-state index in [1.54, 1.807) is 4.57 Å². The summed E-state index contributed by atoms with van der Waals surface area (Å²) in [5, 5.41) is 0. The van der Waals surface area contributed by atoms with Crippen molar-refractivity contribution in [2.24, 2.45) is 0 Å². The zero-order valence-corrected chi connectivity index (χ0v) is 15.4. The van der Waals surface area contributed by atoms with Crippen molar-refractivity contribution in [2.75, 3.05) is 25.7 Å². The number of fused-ring (bicyclic) bond motifs is 1. The quantitative estimate of drug-likeness (QED) is 0.587. The van der Waals surface area contributed by atoms with Gasteiger partial charge >= 0.3 is 7.82 Å². The number of imidazole rings is 1. The van der Waals surface area contributed by atoms with Crippen LogP contribution < -0.4 is 11.5 Å². The van der Waals surface area contributed by atoms with Gasteiger partial charge in [-0.3, -0.25) is 13.6 Å². The van der Waals surface area contributed by atoms with E-state index in [-0.39, 0.29) is 11.8 Å². The van der Waals surface area contributed by atoms with Gasteiger partial charge in [-0.25, -0.2) is 9.55 Å². The molecule has 0 radical (unpaired) electrons. The smallest absolute Gasteiger partial charge is 0.382 e. The lowest BCUT2D eigenvalue weighted by Crippen LogP contribution is -2.35. The molecule has 26 heavy (non-hydrogen) atoms. The highest BCUT2D eigenvalue weighted by Gasteiger charge is 2.49. The molecule has 3 unspecified atom stereocenters. The Balaban J connectivity index is 2.01. The predicted octanol–water partition coefficient (Wildman–Crippen LogP) is 0.445. The normalized spacial score (nSPS) is 28.5. The molecule has 12 nitrogen and oxygen atoms in total. The molecule has 5 N–H and O–H groups in total. The zero-order chi connectivity index (χ0) is 19.1. The number of rotatable bonds is 6. The molecular formula is C13H21N6O6P. The lowest BCUT2D eigenvalue weighted by molar-refractivity contribution is -0.0497. The largest absolute Gasteiger partial charge is 0.472 e. The van der Waals surface area contributed by atoms with Gasteiger partial charge < -0.3 is 25.8 Å². The molecule has 0 bridgehead atoms. The number of methoxy groups -OCH3 is 1. The van der Waals surface area contributed by atoms with Gasteiger partial charge in [0.15, 0.2) is 17.7 Å². The fourth-order valence-electron chi connectivity index (χ4n) is 2.98. The molecule has 3 heterocycles. The van der Waals surface area contributed by atoms with Gasteiger partial charge in [0.25, 0.3) is 0 Å². The van der Waals surface area contributed by atoms with E-state index in [1.165, 1.54) is 13.4 Å². The van der Waals surface area contributed by atoms with Crippen LogP contribution in [0.5, 0.6) is 0 Å². The number of phosphoric ester groups is 1. The van der Waals surface area contributed by atoms with Gasteiger partial charge in [0, 0.05) is 14.2 Å². The first kappa shape index (κ1) is 19.0. The van der Waals surface area contributed by atoms with Crippen LogP contribution in [0.4, 0.5) is 11.8 Å². The summed E-state index contributed by atoms with van der Waals surface area (Å²) in [6, 6.07) is 0. The second-order valence-electron chi connectivity index (χ2n) is 5.69. The van der Waals surface area contributed by atoms with Gasteiger partial charge in [-0.15, -0.1) is 0 Å². The Morgan fingerprint density at radius 2 is 2.08 bits per heavy atom. The van der Waals surface area contributed by atoms with E-state index in [2.05, 4.69) is 19.5 Å². The number of nitrogen functional groups attached to an aromatic ring is 2. The molecule has 0 aliphatic carbocycles. The molecule has 5 atom stereocenters. The van der Waals surface area contributed by atoms with E-state index in [9.17, 15) is 9.46 Å². The standard InChI is InChI=1S/C13H21N6O6P/c1-4-6-8(25-26(20,21)23-3)9(22-2)12(24-6)19-5-16-7-10(14)17-13(15)18-11(7)19/h5-6,8-9,12H,4H2,1-3H3,(H,20,21)(H4,14,15,17,18)/t6-,8?,9?,12-/m1/s1. The fourth-order valence-corrected chi connectivity index (χ4v) is 3.63. The van der Waals surface area contributed by atoms with Crippen LogP contribution >= 0.6 is 7.82 Å². The van der Waals surface area contributed by atoms with Crippen molar-refractivity contribution < 1.29 is 28.0 Å². The van der Waals surface area contributed by atoms with Crippen LogP contribution in [0.15, 0.2) is 6.33 Å². The third-order valence-electron chi connectivity index (χ3n) is 4.19. The Bertz CT molecular complexity index is 846. The summed E-state index contributed by atoms with van der Waals surface area (Å²) in [7, 11) is -1.71. The maximum Gasteiger partial charge on any atom is 0.472 e. The molecule has 144 valence electrons. The van der Waals surface area contributed by atoms with E-state index in [1.807, 2.05) is 6.92 Å². The van der Waals surface area contributed by atoms with Crippen LogP contribution in [0, 0.1) is 0 Å². The third-order valence-corrected chi connectivity index (χ3v) is 5.16. The van der Waals surface area contributed by atoms with Gasteiger partial charge in [-0.2, -0.15) is 9.97 Å². The Hall–Kier alpha value is -1.82. The summed E-state index contributed by atoms with van der Waals surface area (Å²) in [5.74, 6) is 0.125. The number of hydrogen-bond acceptors (Lipinski definition) is 10. The van der Waals surface area contributed by atoms with Crippen molar-refractivity contribution in [3.05, 3.63) is 6.33 Å². The highest BCUT2D eigenvalue weighted by atomic mass is 31.2. The monoisotopic (exact) mass is 388 g/mol. The topological polar surface area (TPSA) is 170 Å².